The van der Waals surface area contributed by atoms with Crippen molar-refractivity contribution in [3.05, 3.63) is 71.1 Å². The smallest absolute Gasteiger partial charge is 0.279 e. The summed E-state index contributed by atoms with van der Waals surface area (Å²) in [5.41, 5.74) is 0.664. The Hall–Kier alpha value is -0.836. The molecule has 0 atom stereocenters. The molecule has 2 aromatic carbocycles. The van der Waals surface area contributed by atoms with Crippen molar-refractivity contribution >= 4 is 21.9 Å². The second kappa shape index (κ2) is 9.97. The molecule has 1 radical (unpaired) electrons. The van der Waals surface area contributed by atoms with Gasteiger partial charge >= 0.3 is 0 Å². The average Bonchev–Trinajstić information content (AvgIpc) is 2.40. The summed E-state index contributed by atoms with van der Waals surface area (Å²) >= 11 is 3.29. The largest absolute Gasteiger partial charge is 0.499 e. The number of carboxylic acid groups (broad SMARTS) is 1. The van der Waals surface area contributed by atoms with Crippen molar-refractivity contribution in [1.29, 1.82) is 0 Å². The Morgan fingerprint density at radius 1 is 1.30 bits per heavy atom. The minimum atomic E-state index is -0.987. The van der Waals surface area contributed by atoms with Gasteiger partial charge in [0.25, 0.3) is 5.97 Å². The van der Waals surface area contributed by atoms with E-state index in [1.807, 2.05) is 24.3 Å². The molecule has 0 unspecified atom stereocenters. The number of aromatic carboxylic acids is 1. The molecule has 0 aliphatic carbocycles. The number of ether oxygens (including phenoxy) is 1. The third-order valence-electron chi connectivity index (χ3n) is 2.22. The summed E-state index contributed by atoms with van der Waals surface area (Å²) in [6.07, 6.45) is 0. The van der Waals surface area contributed by atoms with Crippen LogP contribution in [0.1, 0.15) is 15.9 Å². The van der Waals surface area contributed by atoms with Crippen molar-refractivity contribution in [2.24, 2.45) is 0 Å². The molecule has 1 N–H and O–H groups in total. The molecule has 0 spiro atoms. The van der Waals surface area contributed by atoms with Gasteiger partial charge in [0, 0.05) is 32.7 Å². The van der Waals surface area contributed by atoms with Crippen molar-refractivity contribution in [2.75, 3.05) is 7.11 Å². The number of halogens is 1. The Labute approximate surface area is 152 Å². The van der Waals surface area contributed by atoms with E-state index in [9.17, 15) is 4.79 Å². The van der Waals surface area contributed by atoms with Crippen LogP contribution in [0.15, 0.2) is 46.9 Å². The van der Waals surface area contributed by atoms with Crippen LogP contribution in [0.4, 0.5) is 0 Å². The van der Waals surface area contributed by atoms with E-state index < -0.39 is 5.97 Å². The van der Waals surface area contributed by atoms with Crippen LogP contribution in [0.3, 0.4) is 0 Å². The van der Waals surface area contributed by atoms with Crippen LogP contribution in [0.5, 0.6) is 5.75 Å². The maximum absolute atomic E-state index is 10.6. The van der Waals surface area contributed by atoms with Gasteiger partial charge in [-0.15, -0.1) is 0 Å². The van der Waals surface area contributed by atoms with Gasteiger partial charge in [0.2, 0.25) is 0 Å². The fraction of sp³-hybridized carbons (Fsp3) is 0.0667. The Morgan fingerprint density at radius 3 is 2.30 bits per heavy atom. The van der Waals surface area contributed by atoms with Crippen LogP contribution >= 0.6 is 15.9 Å². The zero-order chi connectivity index (χ0) is 14.3. The van der Waals surface area contributed by atoms with Gasteiger partial charge in [-0.2, -0.15) is 48.9 Å². The molecule has 0 saturated carbocycles. The van der Waals surface area contributed by atoms with Crippen LogP contribution in [-0.2, 0) is 32.7 Å². The molecular weight excluding hydrogens is 397 g/mol. The molecule has 0 bridgehead atoms. The quantitative estimate of drug-likeness (QED) is 0.767. The molecule has 20 heavy (non-hydrogen) atoms. The van der Waals surface area contributed by atoms with Gasteiger partial charge in [-0.1, -0.05) is 32.5 Å². The monoisotopic (exact) mass is 409 g/mol. The molecule has 0 aliphatic rings. The van der Waals surface area contributed by atoms with E-state index in [0.717, 1.165) is 4.47 Å². The molecule has 5 heteroatoms. The molecule has 0 saturated heterocycles. The summed E-state index contributed by atoms with van der Waals surface area (Å²) in [5, 5.41) is 8.69. The fourth-order valence-electron chi connectivity index (χ4n) is 1.25. The van der Waals surface area contributed by atoms with Gasteiger partial charge in [-0.05, 0) is 5.56 Å². The van der Waals surface area contributed by atoms with Crippen LogP contribution in [0.25, 0.3) is 0 Å². The van der Waals surface area contributed by atoms with Gasteiger partial charge in [0.15, 0.2) is 0 Å². The molecule has 3 nitrogen and oxygen atoms in total. The van der Waals surface area contributed by atoms with Crippen molar-refractivity contribution in [2.45, 2.75) is 0 Å². The van der Waals surface area contributed by atoms with Crippen LogP contribution in [0.2, 0.25) is 0 Å². The molecule has 0 fully saturated rings. The first-order chi connectivity index (χ1) is 9.04. The molecule has 2 rings (SSSR count). The minimum absolute atomic E-state index is 0. The molecule has 103 valence electrons. The van der Waals surface area contributed by atoms with E-state index in [0.29, 0.717) is 11.3 Å². The van der Waals surface area contributed by atoms with Gasteiger partial charge in [-0.3, -0.25) is 4.79 Å². The normalized spacial score (nSPS) is 8.70. The number of benzene rings is 2. The van der Waals surface area contributed by atoms with E-state index in [4.69, 9.17) is 9.84 Å². The zero-order valence-electron chi connectivity index (χ0n) is 11.0. The van der Waals surface area contributed by atoms with Crippen LogP contribution in [0, 0.1) is 13.0 Å². The van der Waals surface area contributed by atoms with Gasteiger partial charge in [-0.25, -0.2) is 0 Å². The molecule has 0 amide bonds. The third kappa shape index (κ3) is 6.55. The Bertz CT molecular complexity index is 544. The number of rotatable bonds is 2. The number of methoxy groups -OCH3 is 1. The van der Waals surface area contributed by atoms with Crippen molar-refractivity contribution < 1.29 is 47.3 Å². The van der Waals surface area contributed by atoms with E-state index in [2.05, 4.69) is 28.9 Å². The summed E-state index contributed by atoms with van der Waals surface area (Å²) in [6, 6.07) is 15.3. The first kappa shape index (κ1) is 19.2. The third-order valence-corrected chi connectivity index (χ3v) is 2.75. The van der Waals surface area contributed by atoms with Gasteiger partial charge in [0.1, 0.15) is 0 Å². The average molecular weight is 410 g/mol. The maximum atomic E-state index is 10.6. The molecule has 0 aromatic heterocycles. The second-order valence-corrected chi connectivity index (χ2v) is 4.46. The standard InChI is InChI=1S/C9H9O3.C6H4Br.Y/c1-6-3-4-7(12-2)5-8(6)9(10)11;7-6-4-2-1-3-5-6;/h3-5H,1H2,2H3,(H,10,11);2-5H;/q2*-1;. The summed E-state index contributed by atoms with van der Waals surface area (Å²) in [4.78, 5) is 10.6. The minimum Gasteiger partial charge on any atom is -0.499 e. The second-order valence-electron chi connectivity index (χ2n) is 3.55. The van der Waals surface area contributed by atoms with Crippen molar-refractivity contribution in [3.63, 3.8) is 0 Å². The summed E-state index contributed by atoms with van der Waals surface area (Å²) < 4.78 is 5.97. The summed E-state index contributed by atoms with van der Waals surface area (Å²) in [6.45, 7) is 3.58. The fourth-order valence-corrected chi connectivity index (χ4v) is 1.51. The topological polar surface area (TPSA) is 46.5 Å². The van der Waals surface area contributed by atoms with Crippen molar-refractivity contribution in [3.8, 4) is 5.75 Å². The van der Waals surface area contributed by atoms with E-state index in [-0.39, 0.29) is 38.3 Å². The molecule has 0 heterocycles. The first-order valence-electron chi connectivity index (χ1n) is 5.39. The van der Waals surface area contributed by atoms with Crippen LogP contribution < -0.4 is 4.74 Å². The summed E-state index contributed by atoms with van der Waals surface area (Å²) in [5.74, 6) is -0.460. The predicted octanol–water partition coefficient (Wildman–Crippen LogP) is 3.82. The Kier molecular flexibility index (Phi) is 9.56. The Balaban J connectivity index is 0.000000387. The maximum Gasteiger partial charge on any atom is 0.279 e. The van der Waals surface area contributed by atoms with E-state index in [1.165, 1.54) is 13.2 Å². The van der Waals surface area contributed by atoms with Crippen molar-refractivity contribution in [1.82, 2.24) is 0 Å². The number of carboxylic acids is 1. The molecule has 0 aliphatic heterocycles. The van der Waals surface area contributed by atoms with E-state index >= 15 is 0 Å². The van der Waals surface area contributed by atoms with Gasteiger partial charge < -0.3 is 9.84 Å². The predicted molar refractivity (Wildman–Crippen MR) is 77.4 cm³/mol. The van der Waals surface area contributed by atoms with E-state index in [1.54, 1.807) is 12.1 Å². The summed E-state index contributed by atoms with van der Waals surface area (Å²) in [7, 11) is 1.49. The van der Waals surface area contributed by atoms with Gasteiger partial charge in [0.05, 0.1) is 12.9 Å². The zero-order valence-corrected chi connectivity index (χ0v) is 15.4. The molecular formula is C15H13BrO3Y-2. The number of hydrogen-bond acceptors (Lipinski definition) is 2. The van der Waals surface area contributed by atoms with Crippen LogP contribution in [-0.4, -0.2) is 18.2 Å². The molecule has 2 aromatic rings. The number of carbonyl (C=O) groups is 1. The Morgan fingerprint density at radius 2 is 1.90 bits per heavy atom. The SMILES string of the molecule is Brc1cc[c-]cc1.[CH2-]c1ccc(OC)cc1C(=O)O.[Y]. The first-order valence-corrected chi connectivity index (χ1v) is 6.19. The number of hydrogen-bond donors (Lipinski definition) is 1.